The van der Waals surface area contributed by atoms with Gasteiger partial charge in [-0.1, -0.05) is 6.07 Å². The monoisotopic (exact) mass is 378 g/mol. The van der Waals surface area contributed by atoms with Crippen LogP contribution in [0.1, 0.15) is 27.7 Å². The molecule has 1 aliphatic heterocycles. The first-order valence-corrected chi connectivity index (χ1v) is 9.00. The molecule has 2 N–H and O–H groups in total. The van der Waals surface area contributed by atoms with Crippen molar-refractivity contribution in [1.82, 2.24) is 5.32 Å². The van der Waals surface area contributed by atoms with Crippen LogP contribution in [0.2, 0.25) is 0 Å². The number of hydrogen-bond donors (Lipinski definition) is 2. The molecule has 8 heteroatoms. The third-order valence-electron chi connectivity index (χ3n) is 3.51. The van der Waals surface area contributed by atoms with Crippen LogP contribution in [0.15, 0.2) is 24.3 Å². The molecule has 0 saturated carbocycles. The second kappa shape index (κ2) is 7.71. The van der Waals surface area contributed by atoms with Crippen molar-refractivity contribution in [2.24, 2.45) is 0 Å². The molecule has 0 fully saturated rings. The fraction of sp³-hybridized carbons (Fsp3) is 0.294. The van der Waals surface area contributed by atoms with Gasteiger partial charge in [-0.3, -0.25) is 0 Å². The fourth-order valence-corrected chi connectivity index (χ4v) is 3.55. The van der Waals surface area contributed by atoms with Crippen LogP contribution in [0.4, 0.5) is 5.00 Å². The number of benzene rings is 1. The minimum Gasteiger partial charge on any atom is -0.462 e. The largest absolute Gasteiger partial charge is 0.462 e. The van der Waals surface area contributed by atoms with E-state index >= 15 is 0 Å². The molecule has 0 unspecified atom stereocenters. The third kappa shape index (κ3) is 4.21. The summed E-state index contributed by atoms with van der Waals surface area (Å²) < 4.78 is 15.7. The van der Waals surface area contributed by atoms with E-state index in [0.29, 0.717) is 23.1 Å². The van der Waals surface area contributed by atoms with Crippen LogP contribution in [0.3, 0.4) is 0 Å². The first-order chi connectivity index (χ1) is 12.1. The number of esters is 1. The number of carbonyl (C=O) groups excluding carboxylic acids is 1. The molecule has 0 aliphatic carbocycles. The second-order valence-corrected chi connectivity index (χ2v) is 6.80. The number of fused-ring (bicyclic) bond motifs is 1. The van der Waals surface area contributed by atoms with Crippen LogP contribution in [0.5, 0.6) is 11.5 Å². The Morgan fingerprint density at radius 3 is 2.92 bits per heavy atom. The lowest BCUT2D eigenvalue weighted by molar-refractivity contribution is 0.0531. The zero-order chi connectivity index (χ0) is 17.8. The summed E-state index contributed by atoms with van der Waals surface area (Å²) in [6.07, 6.45) is 0. The van der Waals surface area contributed by atoms with Gasteiger partial charge >= 0.3 is 5.97 Å². The summed E-state index contributed by atoms with van der Waals surface area (Å²) in [7, 11) is 0. The molecule has 0 bridgehead atoms. The van der Waals surface area contributed by atoms with Gasteiger partial charge in [0.05, 0.1) is 11.6 Å². The highest BCUT2D eigenvalue weighted by Crippen LogP contribution is 2.32. The number of anilines is 1. The van der Waals surface area contributed by atoms with Crippen LogP contribution in [-0.4, -0.2) is 24.5 Å². The number of thiocarbonyl (C=S) groups is 1. The molecule has 6 nitrogen and oxygen atoms in total. The third-order valence-corrected chi connectivity index (χ3v) is 4.88. The molecular formula is C17H18N2O4S2. The van der Waals surface area contributed by atoms with Crippen molar-refractivity contribution in [3.8, 4) is 11.5 Å². The molecule has 132 valence electrons. The minimum atomic E-state index is -0.308. The summed E-state index contributed by atoms with van der Waals surface area (Å²) in [6, 6.07) is 7.64. The van der Waals surface area contributed by atoms with E-state index in [2.05, 4.69) is 10.6 Å². The average Bonchev–Trinajstić information content (AvgIpc) is 3.19. The normalized spacial score (nSPS) is 11.9. The number of ether oxygens (including phenoxy) is 3. The number of aryl methyl sites for hydroxylation is 1. The quantitative estimate of drug-likeness (QED) is 0.610. The summed E-state index contributed by atoms with van der Waals surface area (Å²) >= 11 is 6.64. The summed E-state index contributed by atoms with van der Waals surface area (Å²) in [5, 5.41) is 7.51. The van der Waals surface area contributed by atoms with E-state index in [4.69, 9.17) is 26.4 Å². The zero-order valence-electron chi connectivity index (χ0n) is 13.9. The Balaban J connectivity index is 1.56. The summed E-state index contributed by atoms with van der Waals surface area (Å²) in [5.74, 6) is 1.19. The Bertz CT molecular complexity index is 804. The first-order valence-electron chi connectivity index (χ1n) is 7.77. The van der Waals surface area contributed by atoms with Crippen LogP contribution in [0.25, 0.3) is 0 Å². The SMILES string of the molecule is CCOC(=O)c1sc(NC(=S)NCc2ccc3c(c2)OCO3)cc1C. The molecule has 0 radical (unpaired) electrons. The van der Waals surface area contributed by atoms with Gasteiger partial charge in [0.15, 0.2) is 16.6 Å². The average molecular weight is 378 g/mol. The van der Waals surface area contributed by atoms with Crippen molar-refractivity contribution in [1.29, 1.82) is 0 Å². The predicted octanol–water partition coefficient (Wildman–Crippen LogP) is 3.45. The van der Waals surface area contributed by atoms with Crippen molar-refractivity contribution in [2.45, 2.75) is 20.4 Å². The maximum atomic E-state index is 11.9. The maximum absolute atomic E-state index is 11.9. The number of rotatable bonds is 5. The lowest BCUT2D eigenvalue weighted by atomic mass is 10.2. The molecule has 2 heterocycles. The molecule has 3 rings (SSSR count). The fourth-order valence-electron chi connectivity index (χ4n) is 2.33. The molecule has 0 saturated heterocycles. The highest BCUT2D eigenvalue weighted by atomic mass is 32.1. The topological polar surface area (TPSA) is 68.8 Å². The van der Waals surface area contributed by atoms with Gasteiger partial charge in [0.25, 0.3) is 0 Å². The maximum Gasteiger partial charge on any atom is 0.348 e. The Labute approximate surface area is 155 Å². The van der Waals surface area contributed by atoms with E-state index in [-0.39, 0.29) is 12.8 Å². The molecule has 1 aromatic carbocycles. The van der Waals surface area contributed by atoms with E-state index in [1.807, 2.05) is 31.2 Å². The highest BCUT2D eigenvalue weighted by molar-refractivity contribution is 7.80. The smallest absolute Gasteiger partial charge is 0.348 e. The van der Waals surface area contributed by atoms with Crippen molar-refractivity contribution < 1.29 is 19.0 Å². The predicted molar refractivity (Wildman–Crippen MR) is 101 cm³/mol. The van der Waals surface area contributed by atoms with Crippen LogP contribution >= 0.6 is 23.6 Å². The Morgan fingerprint density at radius 2 is 2.12 bits per heavy atom. The van der Waals surface area contributed by atoms with Gasteiger partial charge in [0, 0.05) is 6.54 Å². The molecule has 1 aliphatic rings. The van der Waals surface area contributed by atoms with E-state index in [1.54, 1.807) is 6.92 Å². The number of thiophene rings is 1. The van der Waals surface area contributed by atoms with Gasteiger partial charge in [-0.15, -0.1) is 11.3 Å². The molecule has 0 amide bonds. The zero-order valence-corrected chi connectivity index (χ0v) is 15.5. The lowest BCUT2D eigenvalue weighted by Gasteiger charge is -2.09. The first kappa shape index (κ1) is 17.5. The minimum absolute atomic E-state index is 0.257. The molecule has 0 spiro atoms. The number of nitrogens with one attached hydrogen (secondary N) is 2. The van der Waals surface area contributed by atoms with Crippen molar-refractivity contribution >= 4 is 39.6 Å². The number of carbonyl (C=O) groups is 1. The molecule has 1 aromatic heterocycles. The summed E-state index contributed by atoms with van der Waals surface area (Å²) in [6.45, 7) is 4.82. The molecule has 2 aromatic rings. The van der Waals surface area contributed by atoms with Gasteiger partial charge in [-0.25, -0.2) is 4.79 Å². The second-order valence-electron chi connectivity index (χ2n) is 5.34. The van der Waals surface area contributed by atoms with E-state index in [9.17, 15) is 4.79 Å². The van der Waals surface area contributed by atoms with Gasteiger partial charge in [0.1, 0.15) is 4.88 Å². The van der Waals surface area contributed by atoms with E-state index in [0.717, 1.165) is 27.6 Å². The lowest BCUT2D eigenvalue weighted by Crippen LogP contribution is -2.27. The Hall–Kier alpha value is -2.32. The van der Waals surface area contributed by atoms with E-state index in [1.165, 1.54) is 11.3 Å². The van der Waals surface area contributed by atoms with Crippen molar-refractivity contribution in [2.75, 3.05) is 18.7 Å². The van der Waals surface area contributed by atoms with Crippen molar-refractivity contribution in [3.63, 3.8) is 0 Å². The Kier molecular flexibility index (Phi) is 5.40. The summed E-state index contributed by atoms with van der Waals surface area (Å²) in [4.78, 5) is 12.4. The van der Waals surface area contributed by atoms with E-state index < -0.39 is 0 Å². The highest BCUT2D eigenvalue weighted by Gasteiger charge is 2.16. The molecule has 25 heavy (non-hydrogen) atoms. The van der Waals surface area contributed by atoms with Gasteiger partial charge in [-0.2, -0.15) is 0 Å². The van der Waals surface area contributed by atoms with Gasteiger partial charge in [0.2, 0.25) is 6.79 Å². The van der Waals surface area contributed by atoms with Gasteiger partial charge in [-0.05, 0) is 55.4 Å². The van der Waals surface area contributed by atoms with Crippen molar-refractivity contribution in [3.05, 3.63) is 40.3 Å². The molecule has 0 atom stereocenters. The van der Waals surface area contributed by atoms with Crippen LogP contribution in [0, 0.1) is 6.92 Å². The Morgan fingerprint density at radius 1 is 1.32 bits per heavy atom. The van der Waals surface area contributed by atoms with Gasteiger partial charge < -0.3 is 24.8 Å². The standard InChI is InChI=1S/C17H18N2O4S2/c1-3-21-16(20)15-10(2)6-14(25-15)19-17(24)18-8-11-4-5-12-13(7-11)23-9-22-12/h4-7H,3,8-9H2,1-2H3,(H2,18,19,24). The summed E-state index contributed by atoms with van der Waals surface area (Å²) in [5.41, 5.74) is 1.90. The van der Waals surface area contributed by atoms with Crippen LogP contribution < -0.4 is 20.1 Å². The van der Waals surface area contributed by atoms with Crippen LogP contribution in [-0.2, 0) is 11.3 Å². The number of hydrogen-bond acceptors (Lipinski definition) is 6. The molecular weight excluding hydrogens is 360 g/mol.